The second kappa shape index (κ2) is 4.03. The quantitative estimate of drug-likeness (QED) is 0.575. The molecule has 16 heavy (non-hydrogen) atoms. The number of carboxylic acid groups (broad SMARTS) is 1. The number of aliphatic hydroxyl groups excluding tert-OH is 2. The van der Waals surface area contributed by atoms with Crippen molar-refractivity contribution in [2.24, 2.45) is 0 Å². The Balaban J connectivity index is 2.21. The van der Waals surface area contributed by atoms with Crippen molar-refractivity contribution in [3.05, 3.63) is 18.1 Å². The second-order valence-electron chi connectivity index (χ2n) is 3.61. The standard InChI is InChI=1S/C9H11N3O4/c13-6-3-12(4-7(6)14)8-2-10-1-5(11-8)9(15)16/h1-2,6-7,13-14H,3-4H2,(H,15,16). The number of β-amino-alcohol motifs (C(OH)–C–C–N with tert-alkyl or cyclic N) is 2. The van der Waals surface area contributed by atoms with E-state index in [0.717, 1.165) is 6.20 Å². The van der Waals surface area contributed by atoms with Crippen LogP contribution < -0.4 is 4.90 Å². The molecule has 1 fully saturated rings. The molecule has 0 spiro atoms. The Morgan fingerprint density at radius 3 is 2.50 bits per heavy atom. The molecule has 86 valence electrons. The smallest absolute Gasteiger partial charge is 0.356 e. The Morgan fingerprint density at radius 1 is 1.31 bits per heavy atom. The van der Waals surface area contributed by atoms with Gasteiger partial charge in [0.2, 0.25) is 0 Å². The van der Waals surface area contributed by atoms with Gasteiger partial charge in [-0.3, -0.25) is 4.98 Å². The van der Waals surface area contributed by atoms with Gasteiger partial charge in [0, 0.05) is 13.1 Å². The summed E-state index contributed by atoms with van der Waals surface area (Å²) in [5, 5.41) is 27.4. The van der Waals surface area contributed by atoms with Gasteiger partial charge in [0.25, 0.3) is 0 Å². The molecule has 2 unspecified atom stereocenters. The van der Waals surface area contributed by atoms with Gasteiger partial charge in [-0.05, 0) is 0 Å². The Morgan fingerprint density at radius 2 is 1.94 bits per heavy atom. The highest BCUT2D eigenvalue weighted by molar-refractivity contribution is 5.85. The van der Waals surface area contributed by atoms with E-state index in [9.17, 15) is 15.0 Å². The summed E-state index contributed by atoms with van der Waals surface area (Å²) in [6.07, 6.45) is 0.872. The number of aromatic carboxylic acids is 1. The van der Waals surface area contributed by atoms with Crippen molar-refractivity contribution >= 4 is 11.8 Å². The summed E-state index contributed by atoms with van der Waals surface area (Å²) < 4.78 is 0. The van der Waals surface area contributed by atoms with Gasteiger partial charge in [0.15, 0.2) is 5.69 Å². The minimum atomic E-state index is -1.16. The summed E-state index contributed by atoms with van der Waals surface area (Å²) in [6, 6.07) is 0. The number of carbonyl (C=O) groups is 1. The Labute approximate surface area is 91.0 Å². The van der Waals surface area contributed by atoms with Crippen molar-refractivity contribution in [1.82, 2.24) is 9.97 Å². The first-order valence-electron chi connectivity index (χ1n) is 4.74. The molecule has 1 aliphatic heterocycles. The van der Waals surface area contributed by atoms with Crippen LogP contribution in [0.5, 0.6) is 0 Å². The summed E-state index contributed by atoms with van der Waals surface area (Å²) in [6.45, 7) is 0.442. The monoisotopic (exact) mass is 225 g/mol. The van der Waals surface area contributed by atoms with Crippen LogP contribution in [-0.2, 0) is 0 Å². The molecule has 0 aromatic carbocycles. The fraction of sp³-hybridized carbons (Fsp3) is 0.444. The predicted octanol–water partition coefficient (Wildman–Crippen LogP) is -1.28. The molecule has 0 bridgehead atoms. The number of aliphatic hydroxyl groups is 2. The van der Waals surface area contributed by atoms with E-state index in [0.29, 0.717) is 5.82 Å². The van der Waals surface area contributed by atoms with Crippen molar-refractivity contribution in [2.75, 3.05) is 18.0 Å². The van der Waals surface area contributed by atoms with Crippen molar-refractivity contribution in [1.29, 1.82) is 0 Å². The molecule has 0 radical (unpaired) electrons. The first-order chi connectivity index (χ1) is 7.58. The van der Waals surface area contributed by atoms with Crippen LogP contribution in [0.1, 0.15) is 10.5 Å². The molecule has 2 heterocycles. The molecular weight excluding hydrogens is 214 g/mol. The molecule has 0 aliphatic carbocycles. The first kappa shape index (κ1) is 10.8. The third kappa shape index (κ3) is 1.95. The molecule has 2 atom stereocenters. The summed E-state index contributed by atoms with van der Waals surface area (Å²) >= 11 is 0. The molecule has 7 heteroatoms. The fourth-order valence-corrected chi connectivity index (χ4v) is 1.57. The van der Waals surface area contributed by atoms with E-state index < -0.39 is 18.2 Å². The lowest BCUT2D eigenvalue weighted by Crippen LogP contribution is -2.23. The number of hydrogen-bond donors (Lipinski definition) is 3. The van der Waals surface area contributed by atoms with Gasteiger partial charge in [-0.1, -0.05) is 0 Å². The van der Waals surface area contributed by atoms with Gasteiger partial charge in [-0.2, -0.15) is 0 Å². The molecule has 2 rings (SSSR count). The summed E-state index contributed by atoms with van der Waals surface area (Å²) in [5.41, 5.74) is -0.159. The van der Waals surface area contributed by atoms with Gasteiger partial charge in [0.1, 0.15) is 5.82 Å². The molecule has 0 saturated carbocycles. The van der Waals surface area contributed by atoms with Crippen LogP contribution in [0.25, 0.3) is 0 Å². The zero-order valence-electron chi connectivity index (χ0n) is 8.32. The maximum Gasteiger partial charge on any atom is 0.356 e. The summed E-state index contributed by atoms with van der Waals surface area (Å²) in [7, 11) is 0. The first-order valence-corrected chi connectivity index (χ1v) is 4.74. The average molecular weight is 225 g/mol. The van der Waals surface area contributed by atoms with E-state index in [-0.39, 0.29) is 18.8 Å². The minimum Gasteiger partial charge on any atom is -0.476 e. The van der Waals surface area contributed by atoms with Crippen molar-refractivity contribution in [2.45, 2.75) is 12.2 Å². The van der Waals surface area contributed by atoms with E-state index in [4.69, 9.17) is 5.11 Å². The fourth-order valence-electron chi connectivity index (χ4n) is 1.57. The van der Waals surface area contributed by atoms with Crippen LogP contribution >= 0.6 is 0 Å². The SMILES string of the molecule is O=C(O)c1cncc(N2CC(O)C(O)C2)n1. The van der Waals surface area contributed by atoms with E-state index in [1.54, 1.807) is 4.90 Å². The van der Waals surface area contributed by atoms with Gasteiger partial charge in [-0.15, -0.1) is 0 Å². The summed E-state index contributed by atoms with van der Waals surface area (Å²) in [4.78, 5) is 19.9. The van der Waals surface area contributed by atoms with Crippen LogP contribution in [0.15, 0.2) is 12.4 Å². The average Bonchev–Trinajstić information content (AvgIpc) is 2.59. The molecule has 0 amide bonds. The Kier molecular flexibility index (Phi) is 2.71. The van der Waals surface area contributed by atoms with Crippen LogP contribution in [0.3, 0.4) is 0 Å². The largest absolute Gasteiger partial charge is 0.476 e. The highest BCUT2D eigenvalue weighted by Gasteiger charge is 2.30. The summed E-state index contributed by atoms with van der Waals surface area (Å²) in [5.74, 6) is -0.815. The minimum absolute atomic E-state index is 0.159. The van der Waals surface area contributed by atoms with Crippen LogP contribution in [-0.4, -0.2) is 56.6 Å². The Hall–Kier alpha value is -1.73. The molecular formula is C9H11N3O4. The highest BCUT2D eigenvalue weighted by Crippen LogP contribution is 2.17. The third-order valence-corrected chi connectivity index (χ3v) is 2.42. The molecule has 1 aromatic heterocycles. The van der Waals surface area contributed by atoms with Crippen LogP contribution in [0.4, 0.5) is 5.82 Å². The number of hydrogen-bond acceptors (Lipinski definition) is 6. The second-order valence-corrected chi connectivity index (χ2v) is 3.61. The van der Waals surface area contributed by atoms with Crippen molar-refractivity contribution < 1.29 is 20.1 Å². The van der Waals surface area contributed by atoms with E-state index in [2.05, 4.69) is 9.97 Å². The maximum absolute atomic E-state index is 10.7. The van der Waals surface area contributed by atoms with Gasteiger partial charge < -0.3 is 20.2 Å². The van der Waals surface area contributed by atoms with Gasteiger partial charge in [-0.25, -0.2) is 9.78 Å². The molecule has 1 saturated heterocycles. The number of nitrogens with zero attached hydrogens (tertiary/aromatic N) is 3. The molecule has 1 aliphatic rings. The van der Waals surface area contributed by atoms with Crippen molar-refractivity contribution in [3.63, 3.8) is 0 Å². The maximum atomic E-state index is 10.7. The Bertz CT molecular complexity index is 401. The van der Waals surface area contributed by atoms with Gasteiger partial charge in [0.05, 0.1) is 24.6 Å². The number of aromatic nitrogens is 2. The normalized spacial score (nSPS) is 24.8. The topological polar surface area (TPSA) is 107 Å². The van der Waals surface area contributed by atoms with Crippen LogP contribution in [0.2, 0.25) is 0 Å². The molecule has 1 aromatic rings. The lowest BCUT2D eigenvalue weighted by atomic mass is 10.3. The highest BCUT2D eigenvalue weighted by atomic mass is 16.4. The van der Waals surface area contributed by atoms with E-state index in [1.807, 2.05) is 0 Å². The lowest BCUT2D eigenvalue weighted by Gasteiger charge is -2.15. The van der Waals surface area contributed by atoms with E-state index >= 15 is 0 Å². The number of anilines is 1. The third-order valence-electron chi connectivity index (χ3n) is 2.42. The van der Waals surface area contributed by atoms with Gasteiger partial charge >= 0.3 is 5.97 Å². The number of rotatable bonds is 2. The molecule has 3 N–H and O–H groups in total. The zero-order chi connectivity index (χ0) is 11.7. The van der Waals surface area contributed by atoms with E-state index in [1.165, 1.54) is 6.20 Å². The molecule has 7 nitrogen and oxygen atoms in total. The lowest BCUT2D eigenvalue weighted by molar-refractivity contribution is 0.0572. The van der Waals surface area contributed by atoms with Crippen LogP contribution in [0, 0.1) is 0 Å². The predicted molar refractivity (Wildman–Crippen MR) is 53.2 cm³/mol. The zero-order valence-corrected chi connectivity index (χ0v) is 8.32. The van der Waals surface area contributed by atoms with Crippen molar-refractivity contribution in [3.8, 4) is 0 Å². The number of carboxylic acids is 1.